The molecule has 0 saturated carbocycles. The Kier molecular flexibility index (Phi) is 8.76. The summed E-state index contributed by atoms with van der Waals surface area (Å²) in [5.41, 5.74) is -0.440. The van der Waals surface area contributed by atoms with E-state index in [0.717, 1.165) is 19.7 Å². The number of methoxy groups -OCH3 is 1. The Morgan fingerprint density at radius 2 is 2.00 bits per heavy atom. The lowest BCUT2D eigenvalue weighted by molar-refractivity contribution is 0.0261. The molecule has 0 heterocycles. The van der Waals surface area contributed by atoms with Crippen molar-refractivity contribution >= 4 is 6.09 Å². The van der Waals surface area contributed by atoms with E-state index in [1.807, 2.05) is 27.7 Å². The van der Waals surface area contributed by atoms with E-state index in [2.05, 4.69) is 12.2 Å². The van der Waals surface area contributed by atoms with Crippen LogP contribution in [0.3, 0.4) is 0 Å². The number of rotatable bonds is 8. The van der Waals surface area contributed by atoms with Gasteiger partial charge in [-0.15, -0.1) is 0 Å². The van der Waals surface area contributed by atoms with Crippen molar-refractivity contribution in [2.45, 2.75) is 40.2 Å². The van der Waals surface area contributed by atoms with Gasteiger partial charge in [0.25, 0.3) is 0 Å². The van der Waals surface area contributed by atoms with Gasteiger partial charge in [-0.1, -0.05) is 6.92 Å². The maximum absolute atomic E-state index is 11.9. The Bertz CT molecular complexity index is 252. The van der Waals surface area contributed by atoms with E-state index in [1.165, 1.54) is 0 Å². The molecule has 114 valence electrons. The molecule has 1 amide bonds. The van der Waals surface area contributed by atoms with Crippen molar-refractivity contribution in [1.82, 2.24) is 10.2 Å². The first-order valence-electron chi connectivity index (χ1n) is 6.97. The quantitative estimate of drug-likeness (QED) is 0.689. The molecule has 0 aromatic rings. The van der Waals surface area contributed by atoms with Crippen LogP contribution >= 0.6 is 0 Å². The smallest absolute Gasteiger partial charge is 0.410 e. The van der Waals surface area contributed by atoms with Gasteiger partial charge in [-0.3, -0.25) is 0 Å². The van der Waals surface area contributed by atoms with E-state index in [-0.39, 0.29) is 6.09 Å². The highest BCUT2D eigenvalue weighted by Crippen LogP contribution is 2.09. The Labute approximate surface area is 117 Å². The van der Waals surface area contributed by atoms with Crippen LogP contribution in [0.1, 0.15) is 34.6 Å². The zero-order valence-corrected chi connectivity index (χ0v) is 13.3. The highest BCUT2D eigenvalue weighted by atomic mass is 16.6. The van der Waals surface area contributed by atoms with Crippen LogP contribution in [0.15, 0.2) is 0 Å². The van der Waals surface area contributed by atoms with Gasteiger partial charge >= 0.3 is 6.09 Å². The average molecular weight is 274 g/mol. The van der Waals surface area contributed by atoms with Crippen LogP contribution in [0.2, 0.25) is 0 Å². The summed E-state index contributed by atoms with van der Waals surface area (Å²) >= 11 is 0. The van der Waals surface area contributed by atoms with Gasteiger partial charge in [0.15, 0.2) is 0 Å². The minimum absolute atomic E-state index is 0.248. The molecule has 1 N–H and O–H groups in total. The van der Waals surface area contributed by atoms with E-state index in [9.17, 15) is 4.79 Å². The molecule has 0 spiro atoms. The predicted octanol–water partition coefficient (Wildman–Crippen LogP) is 2.12. The normalized spacial score (nSPS) is 13.2. The Balaban J connectivity index is 3.91. The van der Waals surface area contributed by atoms with Crippen LogP contribution in [-0.4, -0.2) is 56.5 Å². The summed E-state index contributed by atoms with van der Waals surface area (Å²) in [6.07, 6.45) is -0.248. The summed E-state index contributed by atoms with van der Waals surface area (Å²) in [5.74, 6) is 0.474. The number of hydrogen-bond donors (Lipinski definition) is 1. The van der Waals surface area contributed by atoms with E-state index in [4.69, 9.17) is 9.47 Å². The Hall–Kier alpha value is -0.810. The molecular weight excluding hydrogens is 244 g/mol. The van der Waals surface area contributed by atoms with Crippen LogP contribution < -0.4 is 5.32 Å². The summed E-state index contributed by atoms with van der Waals surface area (Å²) in [6, 6.07) is 0. The van der Waals surface area contributed by atoms with Crippen molar-refractivity contribution in [1.29, 1.82) is 0 Å². The summed E-state index contributed by atoms with van der Waals surface area (Å²) in [4.78, 5) is 13.6. The van der Waals surface area contributed by atoms with Gasteiger partial charge in [0.05, 0.1) is 0 Å². The van der Waals surface area contributed by atoms with Crippen LogP contribution in [0.25, 0.3) is 0 Å². The molecule has 0 bridgehead atoms. The molecule has 0 rings (SSSR count). The van der Waals surface area contributed by atoms with Crippen molar-refractivity contribution < 1.29 is 14.3 Å². The Morgan fingerprint density at radius 1 is 1.37 bits per heavy atom. The molecule has 0 aliphatic rings. The van der Waals surface area contributed by atoms with Crippen molar-refractivity contribution in [3.63, 3.8) is 0 Å². The number of hydrogen-bond acceptors (Lipinski definition) is 4. The minimum Gasteiger partial charge on any atom is -0.444 e. The standard InChI is InChI=1S/C14H30N2O3/c1-7-16(13(17)19-14(3,4)5)9-8-15-10-12(2)11-18-6/h12,15H,7-11H2,1-6H3. The Morgan fingerprint density at radius 3 is 2.47 bits per heavy atom. The number of amides is 1. The van der Waals surface area contributed by atoms with Crippen molar-refractivity contribution in [2.24, 2.45) is 5.92 Å². The molecular formula is C14H30N2O3. The van der Waals surface area contributed by atoms with Crippen molar-refractivity contribution in [3.8, 4) is 0 Å². The number of carbonyl (C=O) groups excluding carboxylic acids is 1. The predicted molar refractivity (Wildman–Crippen MR) is 77.4 cm³/mol. The third-order valence-electron chi connectivity index (χ3n) is 2.54. The lowest BCUT2D eigenvalue weighted by Gasteiger charge is -2.26. The summed E-state index contributed by atoms with van der Waals surface area (Å²) < 4.78 is 10.4. The summed E-state index contributed by atoms with van der Waals surface area (Å²) in [5, 5.41) is 3.32. The first kappa shape index (κ1) is 18.2. The maximum atomic E-state index is 11.9. The summed E-state index contributed by atoms with van der Waals surface area (Å²) in [6.45, 7) is 13.4. The lowest BCUT2D eigenvalue weighted by atomic mass is 10.2. The van der Waals surface area contributed by atoms with Gasteiger partial charge in [0, 0.05) is 33.4 Å². The largest absolute Gasteiger partial charge is 0.444 e. The molecule has 5 heteroatoms. The monoisotopic (exact) mass is 274 g/mol. The van der Waals surface area contributed by atoms with Crippen molar-refractivity contribution in [3.05, 3.63) is 0 Å². The van der Waals surface area contributed by atoms with Gasteiger partial charge in [0.2, 0.25) is 0 Å². The molecule has 1 atom stereocenters. The highest BCUT2D eigenvalue weighted by Gasteiger charge is 2.20. The third kappa shape index (κ3) is 9.73. The second-order valence-corrected chi connectivity index (χ2v) is 5.82. The first-order valence-corrected chi connectivity index (χ1v) is 6.97. The lowest BCUT2D eigenvalue weighted by Crippen LogP contribution is -2.41. The molecule has 0 aromatic carbocycles. The van der Waals surface area contributed by atoms with E-state index in [1.54, 1.807) is 12.0 Å². The second kappa shape index (κ2) is 9.15. The number of ether oxygens (including phenoxy) is 2. The molecule has 1 unspecified atom stereocenters. The first-order chi connectivity index (χ1) is 8.80. The molecule has 0 saturated heterocycles. The zero-order valence-electron chi connectivity index (χ0n) is 13.3. The summed E-state index contributed by atoms with van der Waals surface area (Å²) in [7, 11) is 1.71. The van der Waals surface area contributed by atoms with Gasteiger partial charge in [0.1, 0.15) is 5.60 Å². The van der Waals surface area contributed by atoms with Crippen molar-refractivity contribution in [2.75, 3.05) is 39.9 Å². The fourth-order valence-corrected chi connectivity index (χ4v) is 1.61. The van der Waals surface area contributed by atoms with Gasteiger partial charge in [-0.25, -0.2) is 4.79 Å². The average Bonchev–Trinajstić information content (AvgIpc) is 2.27. The second-order valence-electron chi connectivity index (χ2n) is 5.82. The van der Waals surface area contributed by atoms with E-state index in [0.29, 0.717) is 19.0 Å². The van der Waals surface area contributed by atoms with E-state index >= 15 is 0 Å². The van der Waals surface area contributed by atoms with Crippen LogP contribution in [-0.2, 0) is 9.47 Å². The minimum atomic E-state index is -0.440. The van der Waals surface area contributed by atoms with Crippen LogP contribution in [0, 0.1) is 5.92 Å². The molecule has 5 nitrogen and oxygen atoms in total. The maximum Gasteiger partial charge on any atom is 0.410 e. The third-order valence-corrected chi connectivity index (χ3v) is 2.54. The topological polar surface area (TPSA) is 50.8 Å². The molecule has 0 aliphatic carbocycles. The van der Waals surface area contributed by atoms with E-state index < -0.39 is 5.60 Å². The molecule has 0 fully saturated rings. The van der Waals surface area contributed by atoms with Crippen LogP contribution in [0.4, 0.5) is 4.79 Å². The molecule has 0 aromatic heterocycles. The number of likely N-dealkylation sites (N-methyl/N-ethyl adjacent to an activating group) is 1. The number of carbonyl (C=O) groups is 1. The van der Waals surface area contributed by atoms with Crippen LogP contribution in [0.5, 0.6) is 0 Å². The SMILES string of the molecule is CCN(CCNCC(C)COC)C(=O)OC(C)(C)C. The fourth-order valence-electron chi connectivity index (χ4n) is 1.61. The molecule has 0 aliphatic heterocycles. The van der Waals surface area contributed by atoms with Gasteiger partial charge in [-0.2, -0.15) is 0 Å². The molecule has 0 radical (unpaired) electrons. The van der Waals surface area contributed by atoms with Gasteiger partial charge in [-0.05, 0) is 40.2 Å². The number of nitrogens with one attached hydrogen (secondary N) is 1. The zero-order chi connectivity index (χ0) is 14.9. The molecule has 19 heavy (non-hydrogen) atoms. The highest BCUT2D eigenvalue weighted by molar-refractivity contribution is 5.68. The van der Waals surface area contributed by atoms with Gasteiger partial charge < -0.3 is 19.7 Å². The number of nitrogens with zero attached hydrogens (tertiary/aromatic N) is 1. The fraction of sp³-hybridized carbons (Fsp3) is 0.929.